The lowest BCUT2D eigenvalue weighted by Gasteiger charge is -2.28. The van der Waals surface area contributed by atoms with E-state index in [1.165, 1.54) is 26.4 Å². The van der Waals surface area contributed by atoms with Crippen LogP contribution in [0.5, 0.6) is 5.75 Å². The van der Waals surface area contributed by atoms with Gasteiger partial charge in [0.2, 0.25) is 10.0 Å². The van der Waals surface area contributed by atoms with E-state index in [1.807, 2.05) is 6.07 Å². The summed E-state index contributed by atoms with van der Waals surface area (Å²) in [6, 6.07) is 5.68. The molecule has 1 aliphatic carbocycles. The maximum atomic E-state index is 11.6. The summed E-state index contributed by atoms with van der Waals surface area (Å²) in [4.78, 5) is 0.0497. The Bertz CT molecular complexity index is 626. The predicted molar refractivity (Wildman–Crippen MR) is 87.5 cm³/mol. The highest BCUT2D eigenvalue weighted by Gasteiger charge is 2.33. The fraction of sp³-hybridized carbons (Fsp3) is 0.625. The van der Waals surface area contributed by atoms with Crippen molar-refractivity contribution in [1.82, 2.24) is 5.32 Å². The molecule has 0 aliphatic heterocycles. The van der Waals surface area contributed by atoms with E-state index in [1.54, 1.807) is 12.1 Å². The second-order valence-corrected chi connectivity index (χ2v) is 8.20. The van der Waals surface area contributed by atoms with E-state index in [0.29, 0.717) is 11.5 Å². The molecule has 22 heavy (non-hydrogen) atoms. The summed E-state index contributed by atoms with van der Waals surface area (Å²) in [5.41, 5.74) is 1.28. The molecule has 124 valence electrons. The maximum Gasteiger partial charge on any atom is 0.241 e. The smallest absolute Gasteiger partial charge is 0.241 e. The van der Waals surface area contributed by atoms with Crippen LogP contribution in [-0.4, -0.2) is 28.1 Å². The van der Waals surface area contributed by atoms with Crippen molar-refractivity contribution in [3.8, 4) is 5.75 Å². The van der Waals surface area contributed by atoms with Gasteiger partial charge in [0.15, 0.2) is 0 Å². The van der Waals surface area contributed by atoms with Gasteiger partial charge in [0.25, 0.3) is 0 Å². The molecule has 0 aromatic heterocycles. The zero-order valence-electron chi connectivity index (χ0n) is 13.6. The van der Waals surface area contributed by atoms with Gasteiger partial charge in [-0.1, -0.05) is 26.3 Å². The van der Waals surface area contributed by atoms with Crippen LogP contribution in [0.3, 0.4) is 0 Å². The van der Waals surface area contributed by atoms with Gasteiger partial charge in [-0.3, -0.25) is 0 Å². The third-order valence-electron chi connectivity index (χ3n) is 4.60. The molecule has 1 aromatic carbocycles. The topological polar surface area (TPSA) is 81.4 Å². The number of nitrogens with two attached hydrogens (primary N) is 1. The van der Waals surface area contributed by atoms with Crippen molar-refractivity contribution in [2.24, 2.45) is 10.6 Å². The van der Waals surface area contributed by atoms with Crippen LogP contribution in [0, 0.1) is 5.41 Å². The van der Waals surface area contributed by atoms with Crippen LogP contribution >= 0.6 is 0 Å². The Morgan fingerprint density at radius 2 is 2.14 bits per heavy atom. The van der Waals surface area contributed by atoms with Crippen molar-refractivity contribution in [1.29, 1.82) is 0 Å². The molecule has 0 heterocycles. The number of benzene rings is 1. The zero-order chi connectivity index (χ0) is 16.4. The quantitative estimate of drug-likeness (QED) is 0.838. The first-order chi connectivity index (χ1) is 10.2. The molecule has 0 spiro atoms. The monoisotopic (exact) mass is 326 g/mol. The van der Waals surface area contributed by atoms with E-state index in [-0.39, 0.29) is 10.6 Å². The van der Waals surface area contributed by atoms with Crippen LogP contribution in [-0.2, 0) is 16.4 Å². The minimum absolute atomic E-state index is 0.0497. The molecule has 0 unspecified atom stereocenters. The highest BCUT2D eigenvalue weighted by Crippen LogP contribution is 2.37. The number of primary sulfonamides is 1. The predicted octanol–water partition coefficient (Wildman–Crippen LogP) is 2.05. The third-order valence-corrected chi connectivity index (χ3v) is 5.53. The van der Waals surface area contributed by atoms with Gasteiger partial charge in [0.05, 0.1) is 7.11 Å². The molecule has 1 fully saturated rings. The van der Waals surface area contributed by atoms with Crippen LogP contribution < -0.4 is 15.2 Å². The summed E-state index contributed by atoms with van der Waals surface area (Å²) in [7, 11) is -2.33. The van der Waals surface area contributed by atoms with Gasteiger partial charge in [0, 0.05) is 6.04 Å². The average molecular weight is 326 g/mol. The molecule has 1 aliphatic rings. The molecule has 6 heteroatoms. The largest absolute Gasteiger partial charge is 0.495 e. The number of hydrogen-bond donors (Lipinski definition) is 2. The molecule has 2 rings (SSSR count). The zero-order valence-corrected chi connectivity index (χ0v) is 14.4. The van der Waals surface area contributed by atoms with E-state index >= 15 is 0 Å². The fourth-order valence-electron chi connectivity index (χ4n) is 3.19. The minimum Gasteiger partial charge on any atom is -0.495 e. The van der Waals surface area contributed by atoms with Gasteiger partial charge in [-0.15, -0.1) is 0 Å². The minimum atomic E-state index is -3.77. The molecular weight excluding hydrogens is 300 g/mol. The van der Waals surface area contributed by atoms with E-state index in [4.69, 9.17) is 9.88 Å². The Morgan fingerprint density at radius 1 is 1.41 bits per heavy atom. The molecule has 0 saturated heterocycles. The van der Waals surface area contributed by atoms with Gasteiger partial charge in [-0.2, -0.15) is 0 Å². The summed E-state index contributed by atoms with van der Waals surface area (Å²) in [6.45, 7) is 5.42. The molecule has 0 amide bonds. The number of sulfonamides is 1. The number of ether oxygens (including phenoxy) is 1. The second-order valence-electron chi connectivity index (χ2n) is 6.67. The molecule has 1 aromatic rings. The van der Waals surface area contributed by atoms with Gasteiger partial charge in [-0.25, -0.2) is 13.6 Å². The summed E-state index contributed by atoms with van der Waals surface area (Å²) < 4.78 is 28.3. The van der Waals surface area contributed by atoms with Crippen LogP contribution in [0.15, 0.2) is 23.1 Å². The highest BCUT2D eigenvalue weighted by molar-refractivity contribution is 7.89. The van der Waals surface area contributed by atoms with Crippen molar-refractivity contribution in [2.45, 2.75) is 50.5 Å². The Labute approximate surface area is 133 Å². The SMILES string of the molecule is COc1ccc(CCN[C@H]2CCCC2(C)C)cc1S(N)(=O)=O. The summed E-state index contributed by atoms with van der Waals surface area (Å²) in [5, 5.41) is 8.84. The fourth-order valence-corrected chi connectivity index (χ4v) is 3.94. The first-order valence-electron chi connectivity index (χ1n) is 7.67. The van der Waals surface area contributed by atoms with Crippen LogP contribution in [0.2, 0.25) is 0 Å². The first kappa shape index (κ1) is 17.2. The number of rotatable bonds is 6. The van der Waals surface area contributed by atoms with Gasteiger partial charge in [0.1, 0.15) is 10.6 Å². The average Bonchev–Trinajstić information content (AvgIpc) is 2.77. The van der Waals surface area contributed by atoms with Crippen LogP contribution in [0.1, 0.15) is 38.7 Å². The number of hydrogen-bond acceptors (Lipinski definition) is 4. The van der Waals surface area contributed by atoms with Gasteiger partial charge >= 0.3 is 0 Å². The normalized spacial score (nSPS) is 21.0. The Balaban J connectivity index is 2.02. The van der Waals surface area contributed by atoms with E-state index < -0.39 is 10.0 Å². The molecule has 5 nitrogen and oxygen atoms in total. The van der Waals surface area contributed by atoms with E-state index in [0.717, 1.165) is 18.5 Å². The molecular formula is C16H26N2O3S. The van der Waals surface area contributed by atoms with Crippen molar-refractivity contribution in [2.75, 3.05) is 13.7 Å². The Kier molecular flexibility index (Phi) is 5.14. The van der Waals surface area contributed by atoms with Crippen molar-refractivity contribution in [3.05, 3.63) is 23.8 Å². The summed E-state index contributed by atoms with van der Waals surface area (Å²) >= 11 is 0. The molecule has 1 atom stereocenters. The standard InChI is InChI=1S/C16H26N2O3S/c1-16(2)9-4-5-15(16)18-10-8-12-6-7-13(21-3)14(11-12)22(17,19)20/h6-7,11,15,18H,4-5,8-10H2,1-3H3,(H2,17,19,20)/t15-/m0/s1. The molecule has 1 saturated carbocycles. The molecule has 0 bridgehead atoms. The first-order valence-corrected chi connectivity index (χ1v) is 9.22. The van der Waals surface area contributed by atoms with Crippen LogP contribution in [0.25, 0.3) is 0 Å². The highest BCUT2D eigenvalue weighted by atomic mass is 32.2. The number of methoxy groups -OCH3 is 1. The number of nitrogens with one attached hydrogen (secondary N) is 1. The van der Waals surface area contributed by atoms with Crippen molar-refractivity contribution in [3.63, 3.8) is 0 Å². The molecule has 0 radical (unpaired) electrons. The van der Waals surface area contributed by atoms with Crippen molar-refractivity contribution < 1.29 is 13.2 Å². The molecule has 3 N–H and O–H groups in total. The third kappa shape index (κ3) is 4.00. The van der Waals surface area contributed by atoms with Gasteiger partial charge < -0.3 is 10.1 Å². The summed E-state index contributed by atoms with van der Waals surface area (Å²) in [5.74, 6) is 0.288. The summed E-state index contributed by atoms with van der Waals surface area (Å²) in [6.07, 6.45) is 4.49. The van der Waals surface area contributed by atoms with E-state index in [2.05, 4.69) is 19.2 Å². The van der Waals surface area contributed by atoms with Crippen molar-refractivity contribution >= 4 is 10.0 Å². The maximum absolute atomic E-state index is 11.6. The Hall–Kier alpha value is -1.11. The van der Waals surface area contributed by atoms with Crippen LogP contribution in [0.4, 0.5) is 0 Å². The lowest BCUT2D eigenvalue weighted by molar-refractivity contribution is 0.285. The van der Waals surface area contributed by atoms with Gasteiger partial charge in [-0.05, 0) is 48.9 Å². The Morgan fingerprint density at radius 3 is 2.68 bits per heavy atom. The lowest BCUT2D eigenvalue weighted by atomic mass is 9.87. The lowest BCUT2D eigenvalue weighted by Crippen LogP contribution is -2.38. The second kappa shape index (κ2) is 6.56. The van der Waals surface area contributed by atoms with E-state index in [9.17, 15) is 8.42 Å².